The molecule has 12 heteroatoms. The van der Waals surface area contributed by atoms with Crippen molar-refractivity contribution in [3.05, 3.63) is 65.5 Å². The summed E-state index contributed by atoms with van der Waals surface area (Å²) in [6.45, 7) is 6.78. The van der Waals surface area contributed by atoms with Gasteiger partial charge in [0.05, 0.1) is 12.2 Å². The number of carbonyl (C=O) groups is 2. The van der Waals surface area contributed by atoms with Gasteiger partial charge in [-0.1, -0.05) is 29.8 Å². The number of anilines is 2. The maximum Gasteiger partial charge on any atom is 0.387 e. The largest absolute Gasteiger partial charge is 0.434 e. The number of aliphatic hydroxyl groups excluding tert-OH is 1. The minimum Gasteiger partial charge on any atom is -0.434 e. The molecular weight excluding hydrogens is 546 g/mol. The smallest absolute Gasteiger partial charge is 0.387 e. The zero-order chi connectivity index (χ0) is 30.8. The SMILES string of the molecule is CCO.Cc1ccc(OC(F)F)c(CN(c2cc(-c3cnc(N4CCN(C=O)C(C)C4)nc3)ccc2C)N(C)C=O)c1. The molecule has 42 heavy (non-hydrogen) atoms. The lowest BCUT2D eigenvalue weighted by Gasteiger charge is -2.37. The predicted octanol–water partition coefficient (Wildman–Crippen LogP) is 4.04. The highest BCUT2D eigenvalue weighted by atomic mass is 19.3. The van der Waals surface area contributed by atoms with Crippen molar-refractivity contribution in [2.75, 3.05) is 43.2 Å². The van der Waals surface area contributed by atoms with Gasteiger partial charge in [0, 0.05) is 62.9 Å². The molecule has 226 valence electrons. The van der Waals surface area contributed by atoms with E-state index < -0.39 is 6.61 Å². The Morgan fingerprint density at radius 1 is 1.10 bits per heavy atom. The lowest BCUT2D eigenvalue weighted by molar-refractivity contribution is -0.120. The number of aromatic nitrogens is 2. The summed E-state index contributed by atoms with van der Waals surface area (Å²) in [6, 6.07) is 10.8. The number of hydrogen-bond acceptors (Lipinski definition) is 8. The van der Waals surface area contributed by atoms with Crippen LogP contribution in [0.2, 0.25) is 0 Å². The summed E-state index contributed by atoms with van der Waals surface area (Å²) in [5, 5.41) is 10.7. The van der Waals surface area contributed by atoms with Crippen molar-refractivity contribution < 1.29 is 28.2 Å². The van der Waals surface area contributed by atoms with Gasteiger partial charge < -0.3 is 19.6 Å². The molecule has 2 amide bonds. The average Bonchev–Trinajstić information content (AvgIpc) is 2.97. The first-order valence-electron chi connectivity index (χ1n) is 13.6. The molecule has 2 heterocycles. The summed E-state index contributed by atoms with van der Waals surface area (Å²) in [6.07, 6.45) is 5.03. The van der Waals surface area contributed by atoms with Gasteiger partial charge in [-0.05, 0) is 51.0 Å². The van der Waals surface area contributed by atoms with Crippen LogP contribution in [0.15, 0.2) is 48.8 Å². The summed E-state index contributed by atoms with van der Waals surface area (Å²) in [5.74, 6) is 0.651. The standard InChI is InChI=1S/C28H32F2N6O3.C2H6O/c1-19-5-8-26(39-27(29)30)23(11-19)16-36(33(4)17-37)25-12-22(7-6-20(25)2)24-13-31-28(32-14-24)34-9-10-35(18-38)21(3)15-34;1-2-3/h5-8,11-14,17-18,21,27H,9-10,15-16H2,1-4H3;3H,2H2,1H3. The first-order chi connectivity index (χ1) is 20.1. The van der Waals surface area contributed by atoms with E-state index in [1.807, 2.05) is 39.0 Å². The Hall–Kier alpha value is -4.32. The number of hydrogen-bond donors (Lipinski definition) is 1. The molecule has 0 bridgehead atoms. The van der Waals surface area contributed by atoms with Crippen LogP contribution in [-0.2, 0) is 16.1 Å². The number of amides is 2. The number of alkyl halides is 2. The Morgan fingerprint density at radius 3 is 2.38 bits per heavy atom. The highest BCUT2D eigenvalue weighted by Crippen LogP contribution is 2.32. The van der Waals surface area contributed by atoms with Crippen LogP contribution in [0.1, 0.15) is 30.5 Å². The number of ether oxygens (including phenoxy) is 1. The van der Waals surface area contributed by atoms with Crippen molar-refractivity contribution in [2.24, 2.45) is 0 Å². The van der Waals surface area contributed by atoms with Crippen LogP contribution in [0.25, 0.3) is 11.1 Å². The Kier molecular flexibility index (Phi) is 11.5. The normalized spacial score (nSPS) is 14.6. The third kappa shape index (κ3) is 8.12. The van der Waals surface area contributed by atoms with Crippen molar-refractivity contribution in [3.8, 4) is 16.9 Å². The van der Waals surface area contributed by atoms with Gasteiger partial charge in [-0.15, -0.1) is 0 Å². The van der Waals surface area contributed by atoms with E-state index in [-0.39, 0.29) is 24.9 Å². The van der Waals surface area contributed by atoms with E-state index in [9.17, 15) is 18.4 Å². The monoisotopic (exact) mass is 584 g/mol. The van der Waals surface area contributed by atoms with Gasteiger partial charge in [-0.2, -0.15) is 8.78 Å². The molecule has 1 N–H and O–H groups in total. The summed E-state index contributed by atoms with van der Waals surface area (Å²) in [7, 11) is 1.60. The molecule has 0 spiro atoms. The maximum atomic E-state index is 13.1. The molecule has 1 unspecified atom stereocenters. The zero-order valence-electron chi connectivity index (χ0n) is 24.6. The Morgan fingerprint density at radius 2 is 1.79 bits per heavy atom. The highest BCUT2D eigenvalue weighted by Gasteiger charge is 2.24. The molecular formula is C30H38F2N6O4. The minimum atomic E-state index is -2.96. The summed E-state index contributed by atoms with van der Waals surface area (Å²) in [5.41, 5.74) is 4.62. The number of carbonyl (C=O) groups excluding carboxylic acids is 2. The number of aryl methyl sites for hydroxylation is 2. The van der Waals surface area contributed by atoms with Crippen molar-refractivity contribution in [1.82, 2.24) is 19.9 Å². The molecule has 1 aliphatic heterocycles. The molecule has 10 nitrogen and oxygen atoms in total. The summed E-state index contributed by atoms with van der Waals surface area (Å²) >= 11 is 0. The second kappa shape index (κ2) is 15.1. The third-order valence-electron chi connectivity index (χ3n) is 6.84. The van der Waals surface area contributed by atoms with Crippen LogP contribution < -0.4 is 14.6 Å². The maximum absolute atomic E-state index is 13.1. The quantitative estimate of drug-likeness (QED) is 0.282. The topological polar surface area (TPSA) is 102 Å². The van der Waals surface area contributed by atoms with E-state index in [0.29, 0.717) is 37.6 Å². The molecule has 1 aromatic heterocycles. The van der Waals surface area contributed by atoms with Gasteiger partial charge in [0.2, 0.25) is 18.8 Å². The lowest BCUT2D eigenvalue weighted by atomic mass is 10.0. The second-order valence-corrected chi connectivity index (χ2v) is 9.95. The molecule has 4 rings (SSSR count). The first-order valence-corrected chi connectivity index (χ1v) is 13.6. The lowest BCUT2D eigenvalue weighted by Crippen LogP contribution is -2.51. The molecule has 0 aliphatic carbocycles. The average molecular weight is 585 g/mol. The van der Waals surface area contributed by atoms with Gasteiger partial charge in [0.25, 0.3) is 0 Å². The molecule has 1 fully saturated rings. The van der Waals surface area contributed by atoms with Gasteiger partial charge in [0.15, 0.2) is 0 Å². The molecule has 0 saturated carbocycles. The first kappa shape index (κ1) is 32.2. The van der Waals surface area contributed by atoms with Gasteiger partial charge in [0.1, 0.15) is 5.75 Å². The van der Waals surface area contributed by atoms with Crippen molar-refractivity contribution in [1.29, 1.82) is 0 Å². The number of nitrogens with zero attached hydrogens (tertiary/aromatic N) is 6. The molecule has 0 radical (unpaired) electrons. The molecule has 1 aliphatic rings. The fourth-order valence-electron chi connectivity index (χ4n) is 4.64. The molecule has 3 aromatic rings. The van der Waals surface area contributed by atoms with Crippen LogP contribution >= 0.6 is 0 Å². The van der Waals surface area contributed by atoms with E-state index in [1.165, 1.54) is 11.1 Å². The van der Waals surface area contributed by atoms with Gasteiger partial charge in [-0.3, -0.25) is 19.6 Å². The third-order valence-corrected chi connectivity index (χ3v) is 6.84. The van der Waals surface area contributed by atoms with Crippen LogP contribution in [0.5, 0.6) is 5.75 Å². The van der Waals surface area contributed by atoms with E-state index >= 15 is 0 Å². The number of piperazine rings is 1. The van der Waals surface area contributed by atoms with Crippen LogP contribution in [-0.4, -0.2) is 83.7 Å². The Balaban J connectivity index is 0.00000155. The minimum absolute atomic E-state index is 0.0565. The van der Waals surface area contributed by atoms with Crippen LogP contribution in [0.3, 0.4) is 0 Å². The van der Waals surface area contributed by atoms with E-state index in [2.05, 4.69) is 14.9 Å². The molecule has 1 atom stereocenters. The van der Waals surface area contributed by atoms with Crippen LogP contribution in [0, 0.1) is 13.8 Å². The van der Waals surface area contributed by atoms with Gasteiger partial charge >= 0.3 is 6.61 Å². The molecule has 1 saturated heterocycles. The Bertz CT molecular complexity index is 1330. The van der Waals surface area contributed by atoms with Crippen molar-refractivity contribution in [2.45, 2.75) is 46.9 Å². The van der Waals surface area contributed by atoms with Crippen LogP contribution in [0.4, 0.5) is 20.4 Å². The number of halogens is 2. The van der Waals surface area contributed by atoms with E-state index in [1.54, 1.807) is 48.4 Å². The fraction of sp³-hybridized carbons (Fsp3) is 0.400. The van der Waals surface area contributed by atoms with Crippen molar-refractivity contribution in [3.63, 3.8) is 0 Å². The summed E-state index contributed by atoms with van der Waals surface area (Å²) in [4.78, 5) is 36.0. The molecule has 2 aromatic carbocycles. The number of hydrazine groups is 1. The van der Waals surface area contributed by atoms with Crippen molar-refractivity contribution >= 4 is 24.5 Å². The number of aliphatic hydroxyl groups is 1. The highest BCUT2D eigenvalue weighted by molar-refractivity contribution is 5.71. The Labute approximate surface area is 245 Å². The van der Waals surface area contributed by atoms with E-state index in [0.717, 1.165) is 34.4 Å². The number of benzene rings is 2. The predicted molar refractivity (Wildman–Crippen MR) is 157 cm³/mol. The zero-order valence-corrected chi connectivity index (χ0v) is 24.6. The summed E-state index contributed by atoms with van der Waals surface area (Å²) < 4.78 is 30.9. The van der Waals surface area contributed by atoms with E-state index in [4.69, 9.17) is 9.84 Å². The van der Waals surface area contributed by atoms with Gasteiger partial charge in [-0.25, -0.2) is 9.97 Å². The number of rotatable bonds is 10. The second-order valence-electron chi connectivity index (χ2n) is 9.95. The fourth-order valence-corrected chi connectivity index (χ4v) is 4.64.